The van der Waals surface area contributed by atoms with Gasteiger partial charge in [-0.2, -0.15) is 5.26 Å². The van der Waals surface area contributed by atoms with Crippen LogP contribution >= 0.6 is 0 Å². The van der Waals surface area contributed by atoms with Crippen LogP contribution in [0.1, 0.15) is 11.1 Å². The highest BCUT2D eigenvalue weighted by molar-refractivity contribution is 7.84. The largest absolute Gasteiger partial charge is 0.334 e. The van der Waals surface area contributed by atoms with Gasteiger partial charge in [0.2, 0.25) is 0 Å². The van der Waals surface area contributed by atoms with Crippen LogP contribution in [0, 0.1) is 17.1 Å². The van der Waals surface area contributed by atoms with Crippen LogP contribution in [0.25, 0.3) is 0 Å². The van der Waals surface area contributed by atoms with Gasteiger partial charge in [-0.05, 0) is 36.4 Å². The third kappa shape index (κ3) is 4.63. The summed E-state index contributed by atoms with van der Waals surface area (Å²) >= 11 is 0. The Hall–Kier alpha value is -2.72. The number of hydrogen-bond acceptors (Lipinski definition) is 3. The summed E-state index contributed by atoms with van der Waals surface area (Å²) in [5.41, 5.74) is 1.03. The molecule has 2 aromatic carbocycles. The smallest absolute Gasteiger partial charge is 0.319 e. The molecular weight excluding hydrogens is 317 g/mol. The molecule has 7 heteroatoms. The summed E-state index contributed by atoms with van der Waals surface area (Å²) in [7, 11) is -1.15. The first-order valence-electron chi connectivity index (χ1n) is 6.66. The zero-order valence-corrected chi connectivity index (χ0v) is 13.1. The fraction of sp³-hybridized carbons (Fsp3) is 0.125. The number of rotatable bonds is 4. The van der Waals surface area contributed by atoms with Crippen molar-refractivity contribution in [2.45, 2.75) is 11.4 Å². The highest BCUT2D eigenvalue weighted by atomic mass is 32.2. The fourth-order valence-corrected chi connectivity index (χ4v) is 2.45. The Balaban J connectivity index is 1.99. The highest BCUT2D eigenvalue weighted by Crippen LogP contribution is 2.13. The zero-order chi connectivity index (χ0) is 16.8. The van der Waals surface area contributed by atoms with E-state index in [1.54, 1.807) is 30.5 Å². The molecule has 0 aliphatic carbocycles. The summed E-state index contributed by atoms with van der Waals surface area (Å²) in [6.07, 6.45) is 1.55. The van der Waals surface area contributed by atoms with E-state index >= 15 is 0 Å². The molecule has 23 heavy (non-hydrogen) atoms. The minimum atomic E-state index is -1.15. The lowest BCUT2D eigenvalue weighted by Gasteiger charge is -2.09. The van der Waals surface area contributed by atoms with E-state index in [-0.39, 0.29) is 12.1 Å². The van der Waals surface area contributed by atoms with E-state index in [4.69, 9.17) is 5.26 Å². The normalized spacial score (nSPS) is 11.3. The second-order valence-corrected chi connectivity index (χ2v) is 6.09. The van der Waals surface area contributed by atoms with E-state index in [0.717, 1.165) is 0 Å². The van der Waals surface area contributed by atoms with Crippen molar-refractivity contribution < 1.29 is 13.4 Å². The summed E-state index contributed by atoms with van der Waals surface area (Å²) in [6.45, 7) is -0.0490. The predicted octanol–water partition coefficient (Wildman–Crippen LogP) is 2.76. The number of halogens is 1. The summed E-state index contributed by atoms with van der Waals surface area (Å²) in [4.78, 5) is 12.4. The second kappa shape index (κ2) is 7.51. The van der Waals surface area contributed by atoms with Crippen LogP contribution in [0.3, 0.4) is 0 Å². The molecule has 0 fully saturated rings. The van der Waals surface area contributed by atoms with Gasteiger partial charge in [0.1, 0.15) is 5.82 Å². The van der Waals surface area contributed by atoms with Gasteiger partial charge in [-0.1, -0.05) is 6.07 Å². The number of urea groups is 1. The monoisotopic (exact) mass is 331 g/mol. The number of carbonyl (C=O) groups is 1. The maximum absolute atomic E-state index is 13.6. The van der Waals surface area contributed by atoms with Crippen molar-refractivity contribution in [3.05, 3.63) is 59.4 Å². The third-order valence-electron chi connectivity index (χ3n) is 3.04. The molecule has 0 aromatic heterocycles. The van der Waals surface area contributed by atoms with Gasteiger partial charge in [-0.3, -0.25) is 4.21 Å². The summed E-state index contributed by atoms with van der Waals surface area (Å²) in [5.74, 6) is -0.493. The molecule has 5 nitrogen and oxygen atoms in total. The van der Waals surface area contributed by atoms with Gasteiger partial charge in [0, 0.05) is 39.7 Å². The van der Waals surface area contributed by atoms with Crippen LogP contribution < -0.4 is 10.6 Å². The maximum Gasteiger partial charge on any atom is 0.319 e. The molecule has 2 N–H and O–H groups in total. The highest BCUT2D eigenvalue weighted by Gasteiger charge is 2.07. The van der Waals surface area contributed by atoms with Crippen molar-refractivity contribution >= 4 is 22.5 Å². The minimum Gasteiger partial charge on any atom is -0.334 e. The van der Waals surface area contributed by atoms with E-state index in [0.29, 0.717) is 16.1 Å². The first-order valence-corrected chi connectivity index (χ1v) is 8.22. The summed E-state index contributed by atoms with van der Waals surface area (Å²) < 4.78 is 25.0. The summed E-state index contributed by atoms with van der Waals surface area (Å²) in [6, 6.07) is 12.0. The molecule has 0 saturated carbocycles. The molecule has 0 aliphatic heterocycles. The fourth-order valence-electron chi connectivity index (χ4n) is 1.88. The number of nitriles is 1. The molecule has 0 aliphatic rings. The van der Waals surface area contributed by atoms with Gasteiger partial charge in [-0.25, -0.2) is 9.18 Å². The number of benzene rings is 2. The second-order valence-electron chi connectivity index (χ2n) is 4.71. The predicted molar refractivity (Wildman–Crippen MR) is 85.7 cm³/mol. The number of hydrogen-bond donors (Lipinski definition) is 2. The van der Waals surface area contributed by atoms with E-state index in [1.807, 2.05) is 6.07 Å². The Morgan fingerprint density at radius 1 is 1.30 bits per heavy atom. The molecule has 1 unspecified atom stereocenters. The molecular formula is C16H14FN3O2S. The van der Waals surface area contributed by atoms with Crippen molar-refractivity contribution in [1.29, 1.82) is 5.26 Å². The lowest BCUT2D eigenvalue weighted by atomic mass is 10.1. The average Bonchev–Trinajstić information content (AvgIpc) is 2.54. The Morgan fingerprint density at radius 2 is 2.09 bits per heavy atom. The molecule has 2 rings (SSSR count). The Kier molecular flexibility index (Phi) is 5.44. The topological polar surface area (TPSA) is 82.0 Å². The van der Waals surface area contributed by atoms with Crippen molar-refractivity contribution in [3.63, 3.8) is 0 Å². The van der Waals surface area contributed by atoms with Crippen LogP contribution in [0.5, 0.6) is 0 Å². The van der Waals surface area contributed by atoms with E-state index in [9.17, 15) is 13.4 Å². The standard InChI is InChI=1S/C16H14FN3O2S/c1-23(22)14-4-2-3-13(8-14)20-16(21)19-10-12-7-11(9-18)5-6-15(12)17/h2-8H,10H2,1H3,(H2,19,20,21). The lowest BCUT2D eigenvalue weighted by molar-refractivity contribution is 0.251. The maximum atomic E-state index is 13.6. The van der Waals surface area contributed by atoms with Gasteiger partial charge in [0.05, 0.1) is 11.6 Å². The molecule has 0 spiro atoms. The third-order valence-corrected chi connectivity index (χ3v) is 3.96. The van der Waals surface area contributed by atoms with Crippen molar-refractivity contribution in [1.82, 2.24) is 5.32 Å². The molecule has 0 saturated heterocycles. The number of nitrogens with one attached hydrogen (secondary N) is 2. The molecule has 0 heterocycles. The van der Waals surface area contributed by atoms with Crippen molar-refractivity contribution in [2.24, 2.45) is 0 Å². The molecule has 1 atom stereocenters. The molecule has 118 valence electrons. The van der Waals surface area contributed by atoms with E-state index < -0.39 is 22.6 Å². The Bertz CT molecular complexity index is 802. The quantitative estimate of drug-likeness (QED) is 0.904. The van der Waals surface area contributed by atoms with Crippen molar-refractivity contribution in [3.8, 4) is 6.07 Å². The van der Waals surface area contributed by atoms with Crippen LogP contribution in [0.2, 0.25) is 0 Å². The van der Waals surface area contributed by atoms with Crippen LogP contribution in [-0.2, 0) is 17.3 Å². The minimum absolute atomic E-state index is 0.0490. The summed E-state index contributed by atoms with van der Waals surface area (Å²) in [5, 5.41) is 13.9. The molecule has 2 aromatic rings. The van der Waals surface area contributed by atoms with Crippen molar-refractivity contribution in [2.75, 3.05) is 11.6 Å². The van der Waals surface area contributed by atoms with Crippen LogP contribution in [-0.4, -0.2) is 16.5 Å². The molecule has 2 amide bonds. The van der Waals surface area contributed by atoms with Gasteiger partial charge in [0.15, 0.2) is 0 Å². The number of nitrogens with zero attached hydrogens (tertiary/aromatic N) is 1. The number of amides is 2. The number of carbonyl (C=O) groups excluding carboxylic acids is 1. The Morgan fingerprint density at radius 3 is 2.78 bits per heavy atom. The van der Waals surface area contributed by atoms with Crippen LogP contribution in [0.15, 0.2) is 47.4 Å². The van der Waals surface area contributed by atoms with Gasteiger partial charge < -0.3 is 10.6 Å². The van der Waals surface area contributed by atoms with Gasteiger partial charge >= 0.3 is 6.03 Å². The first-order chi connectivity index (χ1) is 11.0. The van der Waals surface area contributed by atoms with Gasteiger partial charge in [-0.15, -0.1) is 0 Å². The average molecular weight is 331 g/mol. The zero-order valence-electron chi connectivity index (χ0n) is 12.3. The molecule has 0 radical (unpaired) electrons. The SMILES string of the molecule is CS(=O)c1cccc(NC(=O)NCc2cc(C#N)ccc2F)c1. The van der Waals surface area contributed by atoms with Crippen LogP contribution in [0.4, 0.5) is 14.9 Å². The first kappa shape index (κ1) is 16.6. The Labute approximate surface area is 135 Å². The number of anilines is 1. The van der Waals surface area contributed by atoms with E-state index in [2.05, 4.69) is 10.6 Å². The molecule has 0 bridgehead atoms. The van der Waals surface area contributed by atoms with Gasteiger partial charge in [0.25, 0.3) is 0 Å². The van der Waals surface area contributed by atoms with E-state index in [1.165, 1.54) is 18.2 Å². The lowest BCUT2D eigenvalue weighted by Crippen LogP contribution is -2.28.